The Bertz CT molecular complexity index is 778. The lowest BCUT2D eigenvalue weighted by molar-refractivity contribution is -0.132. The highest BCUT2D eigenvalue weighted by Gasteiger charge is 2.32. The summed E-state index contributed by atoms with van der Waals surface area (Å²) in [7, 11) is 0. The van der Waals surface area contributed by atoms with Gasteiger partial charge in [-0.2, -0.15) is 0 Å². The van der Waals surface area contributed by atoms with Gasteiger partial charge in [0.05, 0.1) is 10.9 Å². The highest BCUT2D eigenvalue weighted by molar-refractivity contribution is 5.77. The van der Waals surface area contributed by atoms with Gasteiger partial charge in [-0.15, -0.1) is 0 Å². The fourth-order valence-corrected chi connectivity index (χ4v) is 3.04. The summed E-state index contributed by atoms with van der Waals surface area (Å²) < 4.78 is 0. The van der Waals surface area contributed by atoms with Gasteiger partial charge in [-0.25, -0.2) is 4.98 Å². The van der Waals surface area contributed by atoms with Crippen molar-refractivity contribution in [2.24, 2.45) is 5.92 Å². The quantitative estimate of drug-likeness (QED) is 0.850. The minimum Gasteiger partial charge on any atom is -0.339 e. The Balaban J connectivity index is 1.59. The van der Waals surface area contributed by atoms with E-state index in [9.17, 15) is 9.59 Å². The van der Waals surface area contributed by atoms with Gasteiger partial charge in [0.25, 0.3) is 5.56 Å². The second kappa shape index (κ2) is 7.16. The number of aryl methyl sites for hydroxylation is 1. The van der Waals surface area contributed by atoms with Crippen molar-refractivity contribution in [2.45, 2.75) is 52.0 Å². The average molecular weight is 327 g/mol. The van der Waals surface area contributed by atoms with Gasteiger partial charge in [-0.1, -0.05) is 26.0 Å². The van der Waals surface area contributed by atoms with Crippen LogP contribution in [0.15, 0.2) is 29.1 Å². The summed E-state index contributed by atoms with van der Waals surface area (Å²) in [5.41, 5.74) is 0.600. The van der Waals surface area contributed by atoms with Gasteiger partial charge >= 0.3 is 0 Å². The van der Waals surface area contributed by atoms with Gasteiger partial charge in [0.1, 0.15) is 5.82 Å². The van der Waals surface area contributed by atoms with E-state index in [0.29, 0.717) is 47.9 Å². The molecule has 24 heavy (non-hydrogen) atoms. The van der Waals surface area contributed by atoms with E-state index in [1.54, 1.807) is 6.07 Å². The number of nitrogens with one attached hydrogen (secondary N) is 1. The molecule has 1 amide bonds. The number of hydrogen-bond donors (Lipinski definition) is 1. The van der Waals surface area contributed by atoms with Gasteiger partial charge in [0, 0.05) is 25.4 Å². The first-order valence-corrected chi connectivity index (χ1v) is 8.82. The zero-order chi connectivity index (χ0) is 17.1. The lowest BCUT2D eigenvalue weighted by Crippen LogP contribution is -2.36. The molecule has 0 spiro atoms. The molecule has 0 radical (unpaired) electrons. The molecule has 0 bridgehead atoms. The van der Waals surface area contributed by atoms with Crippen LogP contribution in [-0.4, -0.2) is 33.4 Å². The third-order valence-electron chi connectivity index (χ3n) is 4.34. The Hall–Kier alpha value is -2.17. The number of carbonyl (C=O) groups is 1. The van der Waals surface area contributed by atoms with E-state index >= 15 is 0 Å². The summed E-state index contributed by atoms with van der Waals surface area (Å²) in [6.45, 7) is 5.13. The first-order chi connectivity index (χ1) is 11.5. The van der Waals surface area contributed by atoms with E-state index in [1.807, 2.05) is 23.1 Å². The number of rotatable bonds is 7. The lowest BCUT2D eigenvalue weighted by Gasteiger charge is -2.24. The van der Waals surface area contributed by atoms with Crippen LogP contribution in [0.1, 0.15) is 45.4 Å². The molecule has 2 aromatic rings. The smallest absolute Gasteiger partial charge is 0.258 e. The zero-order valence-corrected chi connectivity index (χ0v) is 14.4. The summed E-state index contributed by atoms with van der Waals surface area (Å²) in [6, 6.07) is 7.78. The summed E-state index contributed by atoms with van der Waals surface area (Å²) in [6.07, 6.45) is 4.11. The topological polar surface area (TPSA) is 66.1 Å². The summed E-state index contributed by atoms with van der Waals surface area (Å²) in [5.74, 6) is 1.38. The number of aromatic nitrogens is 2. The fraction of sp³-hybridized carbons (Fsp3) is 0.526. The summed E-state index contributed by atoms with van der Waals surface area (Å²) in [4.78, 5) is 33.9. The first kappa shape index (κ1) is 16.7. The van der Waals surface area contributed by atoms with Crippen molar-refractivity contribution in [2.75, 3.05) is 6.54 Å². The second-order valence-corrected chi connectivity index (χ2v) is 7.05. The number of H-pyrrole nitrogens is 1. The van der Waals surface area contributed by atoms with Crippen LogP contribution in [-0.2, 0) is 11.2 Å². The van der Waals surface area contributed by atoms with Crippen molar-refractivity contribution in [3.63, 3.8) is 0 Å². The van der Waals surface area contributed by atoms with Crippen LogP contribution in [0.2, 0.25) is 0 Å². The molecule has 0 saturated heterocycles. The van der Waals surface area contributed by atoms with Crippen LogP contribution in [0.4, 0.5) is 0 Å². The number of hydrogen-bond acceptors (Lipinski definition) is 3. The maximum Gasteiger partial charge on any atom is 0.258 e. The van der Waals surface area contributed by atoms with E-state index in [1.165, 1.54) is 0 Å². The highest BCUT2D eigenvalue weighted by Crippen LogP contribution is 2.28. The third-order valence-corrected chi connectivity index (χ3v) is 4.34. The molecule has 0 aliphatic heterocycles. The van der Waals surface area contributed by atoms with Crippen molar-refractivity contribution in [3.8, 4) is 0 Å². The molecule has 128 valence electrons. The standard InChI is InChI=1S/C19H25N3O2/c1-13(2)12-22(14-10-11-14)18(23)9-5-8-17-20-16-7-4-3-6-15(16)19(24)21-17/h3-4,6-7,13-14H,5,8-12H2,1-2H3,(H,20,21,24). The largest absolute Gasteiger partial charge is 0.339 e. The van der Waals surface area contributed by atoms with Gasteiger partial charge in [-0.05, 0) is 37.3 Å². The Morgan fingerprint density at radius 3 is 2.79 bits per heavy atom. The minimum atomic E-state index is -0.110. The molecular formula is C19H25N3O2. The van der Waals surface area contributed by atoms with Crippen LogP contribution in [0, 0.1) is 5.92 Å². The fourth-order valence-electron chi connectivity index (χ4n) is 3.04. The highest BCUT2D eigenvalue weighted by atomic mass is 16.2. The molecule has 3 rings (SSSR count). The molecule has 1 aliphatic carbocycles. The van der Waals surface area contributed by atoms with Gasteiger partial charge in [0.15, 0.2) is 0 Å². The molecule has 1 heterocycles. The molecule has 0 atom stereocenters. The molecule has 5 heteroatoms. The average Bonchev–Trinajstić information content (AvgIpc) is 3.37. The van der Waals surface area contributed by atoms with Crippen LogP contribution >= 0.6 is 0 Å². The number of carbonyl (C=O) groups excluding carboxylic acids is 1. The number of aromatic amines is 1. The zero-order valence-electron chi connectivity index (χ0n) is 14.4. The molecule has 1 aromatic heterocycles. The van der Waals surface area contributed by atoms with E-state index < -0.39 is 0 Å². The van der Waals surface area contributed by atoms with Crippen molar-refractivity contribution in [3.05, 3.63) is 40.4 Å². The van der Waals surface area contributed by atoms with Crippen LogP contribution in [0.5, 0.6) is 0 Å². The number of nitrogens with zero attached hydrogens (tertiary/aromatic N) is 2. The molecule has 1 saturated carbocycles. The van der Waals surface area contributed by atoms with E-state index in [-0.39, 0.29) is 11.5 Å². The minimum absolute atomic E-state index is 0.110. The maximum absolute atomic E-state index is 12.5. The Kier molecular flexibility index (Phi) is 4.97. The van der Waals surface area contributed by atoms with Crippen molar-refractivity contribution >= 4 is 16.8 Å². The van der Waals surface area contributed by atoms with E-state index in [2.05, 4.69) is 23.8 Å². The van der Waals surface area contributed by atoms with Crippen molar-refractivity contribution in [1.82, 2.24) is 14.9 Å². The van der Waals surface area contributed by atoms with Crippen molar-refractivity contribution < 1.29 is 4.79 Å². The lowest BCUT2D eigenvalue weighted by atomic mass is 10.1. The predicted molar refractivity (Wildman–Crippen MR) is 94.9 cm³/mol. The number of benzene rings is 1. The van der Waals surface area contributed by atoms with Crippen molar-refractivity contribution in [1.29, 1.82) is 0 Å². The molecular weight excluding hydrogens is 302 g/mol. The molecule has 1 aromatic carbocycles. The van der Waals surface area contributed by atoms with E-state index in [0.717, 1.165) is 19.4 Å². The molecule has 1 N–H and O–H groups in total. The van der Waals surface area contributed by atoms with Crippen LogP contribution < -0.4 is 5.56 Å². The van der Waals surface area contributed by atoms with Crippen LogP contribution in [0.25, 0.3) is 10.9 Å². The monoisotopic (exact) mass is 327 g/mol. The van der Waals surface area contributed by atoms with Gasteiger partial charge in [0.2, 0.25) is 5.91 Å². The normalized spacial score (nSPS) is 14.3. The van der Waals surface area contributed by atoms with Crippen LogP contribution in [0.3, 0.4) is 0 Å². The maximum atomic E-state index is 12.5. The third kappa shape index (κ3) is 4.02. The molecule has 1 fully saturated rings. The van der Waals surface area contributed by atoms with E-state index in [4.69, 9.17) is 0 Å². The number of amides is 1. The Morgan fingerprint density at radius 2 is 2.08 bits per heavy atom. The second-order valence-electron chi connectivity index (χ2n) is 7.05. The SMILES string of the molecule is CC(C)CN(C(=O)CCCc1nc2ccccc2c(=O)[nH]1)C1CC1. The number of para-hydroxylation sites is 1. The molecule has 0 unspecified atom stereocenters. The number of fused-ring (bicyclic) bond motifs is 1. The molecule has 1 aliphatic rings. The predicted octanol–water partition coefficient (Wildman–Crippen LogP) is 2.89. The Labute approximate surface area is 142 Å². The first-order valence-electron chi connectivity index (χ1n) is 8.82. The van der Waals surface area contributed by atoms with Gasteiger partial charge < -0.3 is 9.88 Å². The van der Waals surface area contributed by atoms with Gasteiger partial charge in [-0.3, -0.25) is 9.59 Å². The summed E-state index contributed by atoms with van der Waals surface area (Å²) >= 11 is 0. The Morgan fingerprint density at radius 1 is 1.33 bits per heavy atom. The molecule has 5 nitrogen and oxygen atoms in total. The summed E-state index contributed by atoms with van der Waals surface area (Å²) in [5, 5.41) is 0.606.